The molecule has 20 heteroatoms. The monoisotopic (exact) mass is 858 g/mol. The van der Waals surface area contributed by atoms with Gasteiger partial charge in [-0.2, -0.15) is 8.42 Å². The highest BCUT2D eigenvalue weighted by molar-refractivity contribution is 7.95. The summed E-state index contributed by atoms with van der Waals surface area (Å²) in [7, 11) is -3.54. The van der Waals surface area contributed by atoms with Gasteiger partial charge in [0.2, 0.25) is 5.91 Å². The number of hydrogen-bond donors (Lipinski definition) is 6. The fraction of sp³-hybridized carbons (Fsp3) is 0.0769. The molecule has 0 saturated heterocycles. The molecule has 0 fully saturated rings. The van der Waals surface area contributed by atoms with Crippen LogP contribution in [0.3, 0.4) is 0 Å². The predicted octanol–water partition coefficient (Wildman–Crippen LogP) is 6.56. The zero-order valence-electron chi connectivity index (χ0n) is 30.3. The predicted molar refractivity (Wildman–Crippen MR) is 216 cm³/mol. The molecule has 1 heterocycles. The second kappa shape index (κ2) is 17.6. The van der Waals surface area contributed by atoms with Crippen molar-refractivity contribution in [3.05, 3.63) is 141 Å². The topological polar surface area (TPSA) is 241 Å². The number of aryl methyl sites for hydroxylation is 1. The van der Waals surface area contributed by atoms with E-state index in [9.17, 15) is 32.1 Å². The highest BCUT2D eigenvalue weighted by atomic mass is 32.2. The molecular weight excluding hydrogens is 829 g/mol. The normalized spacial score (nSPS) is 12.0. The van der Waals surface area contributed by atoms with Crippen molar-refractivity contribution in [3.8, 4) is 11.1 Å². The summed E-state index contributed by atoms with van der Waals surface area (Å²) >= 11 is 0.951. The largest absolute Gasteiger partial charge is 0.354 e. The Labute approximate surface area is 342 Å². The van der Waals surface area contributed by atoms with E-state index in [4.69, 9.17) is 10.5 Å². The number of carbonyl (C=O) groups is 3. The molecule has 17 nitrogen and oxygen atoms in total. The molecule has 302 valence electrons. The van der Waals surface area contributed by atoms with Gasteiger partial charge in [-0.3, -0.25) is 23.7 Å². The van der Waals surface area contributed by atoms with Crippen LogP contribution in [-0.2, 0) is 47.2 Å². The van der Waals surface area contributed by atoms with Gasteiger partial charge in [-0.25, -0.2) is 10.5 Å². The number of aromatic nitrogens is 1. The van der Waals surface area contributed by atoms with Crippen molar-refractivity contribution in [1.82, 2.24) is 9.88 Å². The molecule has 0 aliphatic heterocycles. The molecule has 0 atom stereocenters. The van der Waals surface area contributed by atoms with Crippen LogP contribution in [0.25, 0.3) is 22.0 Å². The lowest BCUT2D eigenvalue weighted by Gasteiger charge is -2.26. The molecule has 59 heavy (non-hydrogen) atoms. The quantitative estimate of drug-likeness (QED) is 0.0198. The molecule has 0 spiro atoms. The number of fused-ring (bicyclic) bond motifs is 2. The zero-order valence-corrected chi connectivity index (χ0v) is 32.8. The lowest BCUT2D eigenvalue weighted by atomic mass is 9.80. The minimum absolute atomic E-state index is 0.000293. The maximum absolute atomic E-state index is 14.5. The minimum Gasteiger partial charge on any atom is -0.354 e. The summed E-state index contributed by atoms with van der Waals surface area (Å²) in [6.45, 7) is 0.0728. The van der Waals surface area contributed by atoms with Crippen LogP contribution in [0.15, 0.2) is 123 Å². The molecule has 1 amide bonds. The molecule has 0 radical (unpaired) electrons. The Bertz CT molecular complexity index is 2820. The van der Waals surface area contributed by atoms with E-state index in [1.807, 2.05) is 30.3 Å². The molecule has 1 aromatic heterocycles. The Hall–Kier alpha value is -5.75. The number of carbonyl (C=O) groups excluding carboxylic acids is 3. The highest BCUT2D eigenvalue weighted by Gasteiger charge is 2.34. The van der Waals surface area contributed by atoms with E-state index in [-0.39, 0.29) is 61.7 Å². The summed E-state index contributed by atoms with van der Waals surface area (Å²) in [5.74, 6) is -1.84. The first-order chi connectivity index (χ1) is 28.4. The molecule has 1 aliphatic carbocycles. The van der Waals surface area contributed by atoms with Gasteiger partial charge in [0.1, 0.15) is 4.90 Å². The molecule has 7 rings (SSSR count). The Morgan fingerprint density at radius 2 is 1.49 bits per heavy atom. The Kier molecular flexibility index (Phi) is 12.4. The van der Waals surface area contributed by atoms with E-state index in [1.54, 1.807) is 42.5 Å². The van der Waals surface area contributed by atoms with Crippen molar-refractivity contribution in [2.24, 2.45) is 7.05 Å². The third-order valence-electron chi connectivity index (χ3n) is 9.23. The third kappa shape index (κ3) is 8.55. The van der Waals surface area contributed by atoms with Gasteiger partial charge in [-0.05, 0) is 47.5 Å². The Balaban J connectivity index is 1.37. The first-order valence-electron chi connectivity index (χ1n) is 17.2. The SMILES string of the molecule is Cn1c(=O)c(C(=O)c2cccc(SOOO)c2)c2c3c(c(Nc4cc(NC(=O)CNCc5ccccc5)c(S(=O)(=O)O)cc4SOOO)ccc31)C(=O)c1ccccc1-2. The van der Waals surface area contributed by atoms with Crippen molar-refractivity contribution in [3.63, 3.8) is 0 Å². The maximum atomic E-state index is 14.5. The fourth-order valence-corrected chi connectivity index (χ4v) is 8.34. The van der Waals surface area contributed by atoms with Crippen LogP contribution in [-0.4, -0.2) is 52.1 Å². The summed E-state index contributed by atoms with van der Waals surface area (Å²) < 4.78 is 45.8. The number of hydrogen-bond acceptors (Lipinski definition) is 16. The van der Waals surface area contributed by atoms with Crippen LogP contribution >= 0.6 is 24.1 Å². The van der Waals surface area contributed by atoms with E-state index in [2.05, 4.69) is 34.7 Å². The van der Waals surface area contributed by atoms with Crippen LogP contribution in [0.5, 0.6) is 0 Å². The third-order valence-corrected chi connectivity index (χ3v) is 11.3. The van der Waals surface area contributed by atoms with E-state index in [0.29, 0.717) is 46.6 Å². The summed E-state index contributed by atoms with van der Waals surface area (Å²) in [4.78, 5) is 55.7. The van der Waals surface area contributed by atoms with Crippen LogP contribution in [0.2, 0.25) is 0 Å². The highest BCUT2D eigenvalue weighted by Crippen LogP contribution is 2.45. The fourth-order valence-electron chi connectivity index (χ4n) is 6.72. The number of amides is 1. The Morgan fingerprint density at radius 3 is 2.22 bits per heavy atom. The molecular formula is C39H30N4O13S3. The molecule has 6 aromatic rings. The van der Waals surface area contributed by atoms with Gasteiger partial charge in [-0.1, -0.05) is 76.8 Å². The van der Waals surface area contributed by atoms with Gasteiger partial charge in [0.05, 0.1) is 69.2 Å². The van der Waals surface area contributed by atoms with Crippen LogP contribution in [0, 0.1) is 0 Å². The van der Waals surface area contributed by atoms with Crippen LogP contribution in [0.1, 0.15) is 37.4 Å². The number of benzene rings is 5. The summed E-state index contributed by atoms with van der Waals surface area (Å²) in [5, 5.41) is 33.8. The van der Waals surface area contributed by atoms with Gasteiger partial charge in [0.15, 0.2) is 11.6 Å². The first kappa shape index (κ1) is 41.4. The van der Waals surface area contributed by atoms with Crippen molar-refractivity contribution < 1.29 is 56.6 Å². The van der Waals surface area contributed by atoms with Crippen molar-refractivity contribution in [2.45, 2.75) is 21.2 Å². The second-order valence-electron chi connectivity index (χ2n) is 12.8. The summed E-state index contributed by atoms with van der Waals surface area (Å²) in [6, 6.07) is 26.9. The molecule has 6 N–H and O–H groups in total. The number of rotatable bonds is 16. The number of ketones is 2. The Morgan fingerprint density at radius 1 is 0.780 bits per heavy atom. The second-order valence-corrected chi connectivity index (χ2v) is 15.7. The zero-order chi connectivity index (χ0) is 41.8. The maximum Gasteiger partial charge on any atom is 0.296 e. The van der Waals surface area contributed by atoms with Gasteiger partial charge < -0.3 is 20.5 Å². The summed E-state index contributed by atoms with van der Waals surface area (Å²) in [6.07, 6.45) is 0. The van der Waals surface area contributed by atoms with Gasteiger partial charge in [0, 0.05) is 40.6 Å². The van der Waals surface area contributed by atoms with Crippen molar-refractivity contribution in [1.29, 1.82) is 0 Å². The lowest BCUT2D eigenvalue weighted by Crippen LogP contribution is -2.29. The van der Waals surface area contributed by atoms with Gasteiger partial charge >= 0.3 is 0 Å². The van der Waals surface area contributed by atoms with Crippen LogP contribution < -0.4 is 21.5 Å². The van der Waals surface area contributed by atoms with Gasteiger partial charge in [-0.15, -0.1) is 8.67 Å². The average Bonchev–Trinajstić information content (AvgIpc) is 3.23. The van der Waals surface area contributed by atoms with E-state index >= 15 is 0 Å². The first-order valence-corrected chi connectivity index (χ1v) is 20.1. The molecule has 0 saturated carbocycles. The van der Waals surface area contributed by atoms with Crippen molar-refractivity contribution in [2.75, 3.05) is 17.2 Å². The van der Waals surface area contributed by atoms with E-state index < -0.39 is 38.0 Å². The molecule has 1 aliphatic rings. The van der Waals surface area contributed by atoms with Gasteiger partial charge in [0.25, 0.3) is 15.7 Å². The van der Waals surface area contributed by atoms with E-state index in [1.165, 1.54) is 35.9 Å². The number of nitrogens with zero attached hydrogens (tertiary/aromatic N) is 1. The number of nitrogens with one attached hydrogen (secondary N) is 3. The standard InChI is InChI=1S/C39H30N4O13S3/c1-43-29-15-14-26(41-27-17-28(31(59(50,51)52)18-30(27)58-56-54-49)42-32(44)20-40-19-21-8-3-2-4-9-21)34-35(29)33(24-12-5-6-13-25(24)38(34)46)36(39(43)47)37(45)22-10-7-11-23(16-22)57-55-53-48/h2-18,40-41,48-49H,19-20H2,1H3,(H,42,44)(H,50,51,52). The molecule has 0 unspecified atom stereocenters. The number of anilines is 3. The smallest absolute Gasteiger partial charge is 0.296 e. The van der Waals surface area contributed by atoms with E-state index in [0.717, 1.165) is 11.6 Å². The minimum atomic E-state index is -4.99. The average molecular weight is 859 g/mol. The van der Waals surface area contributed by atoms with Crippen LogP contribution in [0.4, 0.5) is 17.1 Å². The molecule has 0 bridgehead atoms. The lowest BCUT2D eigenvalue weighted by molar-refractivity contribution is -0.432. The van der Waals surface area contributed by atoms with Crippen molar-refractivity contribution >= 4 is 79.6 Å². The summed E-state index contributed by atoms with van der Waals surface area (Å²) in [5.41, 5.74) is 0.845. The number of pyridine rings is 1. The molecule has 5 aromatic carbocycles.